The highest BCUT2D eigenvalue weighted by atomic mass is 32.1. The second-order valence-electron chi connectivity index (χ2n) is 7.40. The molecule has 1 aliphatic carbocycles. The molecule has 0 spiro atoms. The molecule has 0 saturated heterocycles. The van der Waals surface area contributed by atoms with Gasteiger partial charge in [0.2, 0.25) is 0 Å². The van der Waals surface area contributed by atoms with Gasteiger partial charge in [0.25, 0.3) is 0 Å². The van der Waals surface area contributed by atoms with Crippen LogP contribution in [0.1, 0.15) is 34.9 Å². The second kappa shape index (κ2) is 9.27. The number of rotatable bonds is 6. The second-order valence-corrected chi connectivity index (χ2v) is 8.43. The lowest BCUT2D eigenvalue weighted by atomic mass is 9.95. The fourth-order valence-electron chi connectivity index (χ4n) is 3.37. The van der Waals surface area contributed by atoms with Crippen molar-refractivity contribution in [2.45, 2.75) is 44.6 Å². The molecule has 1 atom stereocenters. The number of fused-ring (bicyclic) bond motifs is 1. The zero-order chi connectivity index (χ0) is 21.0. The average Bonchev–Trinajstić information content (AvgIpc) is 3.13. The van der Waals surface area contributed by atoms with Gasteiger partial charge in [-0.1, -0.05) is 6.07 Å². The van der Waals surface area contributed by atoms with E-state index in [9.17, 15) is 13.2 Å². The number of nitrogens with zero attached hydrogens (tertiary/aromatic N) is 3. The molecule has 2 aliphatic rings. The third-order valence-electron chi connectivity index (χ3n) is 4.87. The van der Waals surface area contributed by atoms with Gasteiger partial charge in [-0.25, -0.2) is 4.79 Å². The van der Waals surface area contributed by atoms with Gasteiger partial charge in [-0.3, -0.25) is 9.58 Å². The van der Waals surface area contributed by atoms with Crippen molar-refractivity contribution in [2.75, 3.05) is 20.3 Å². The number of carbonyl (C=O) groups is 1. The zero-order valence-corrected chi connectivity index (χ0v) is 16.9. The van der Waals surface area contributed by atoms with E-state index in [-0.39, 0.29) is 0 Å². The number of hydrogen-bond donors (Lipinski definition) is 1. The van der Waals surface area contributed by atoms with E-state index < -0.39 is 12.1 Å². The Morgan fingerprint density at radius 3 is 2.69 bits per heavy atom. The van der Waals surface area contributed by atoms with Crippen LogP contribution in [0.5, 0.6) is 0 Å². The molecule has 6 nitrogen and oxygen atoms in total. The summed E-state index contributed by atoms with van der Waals surface area (Å²) >= 11 is 1.84. The first-order chi connectivity index (χ1) is 13.8. The van der Waals surface area contributed by atoms with Crippen molar-refractivity contribution in [3.8, 4) is 0 Å². The Bertz CT molecular complexity index is 803. The highest BCUT2D eigenvalue weighted by Crippen LogP contribution is 2.33. The maximum Gasteiger partial charge on any atom is 0.490 e. The molecule has 1 unspecified atom stereocenters. The van der Waals surface area contributed by atoms with Crippen molar-refractivity contribution in [1.29, 1.82) is 0 Å². The molecule has 1 saturated carbocycles. The number of alkyl halides is 3. The number of thiophene rings is 1. The lowest BCUT2D eigenvalue weighted by Gasteiger charge is -2.31. The summed E-state index contributed by atoms with van der Waals surface area (Å²) in [6.07, 6.45) is -0.0626. The smallest absolute Gasteiger partial charge is 0.475 e. The van der Waals surface area contributed by atoms with Gasteiger partial charge >= 0.3 is 12.1 Å². The van der Waals surface area contributed by atoms with Crippen molar-refractivity contribution in [3.63, 3.8) is 0 Å². The van der Waals surface area contributed by atoms with Crippen LogP contribution in [0.3, 0.4) is 0 Å². The van der Waals surface area contributed by atoms with Gasteiger partial charge in [0.1, 0.15) is 0 Å². The number of carboxylic acid groups (broad SMARTS) is 1. The molecule has 0 radical (unpaired) electrons. The molecule has 0 bridgehead atoms. The summed E-state index contributed by atoms with van der Waals surface area (Å²) in [5, 5.41) is 14.1. The SMILES string of the molecule is COCC1CN(Cc2cccs2)Cc2nn(CC3CC3)cc21.O=C(O)C(F)(F)F. The first kappa shape index (κ1) is 21.8. The van der Waals surface area contributed by atoms with Crippen LogP contribution >= 0.6 is 11.3 Å². The van der Waals surface area contributed by atoms with E-state index in [1.807, 2.05) is 11.3 Å². The maximum atomic E-state index is 10.6. The van der Waals surface area contributed by atoms with Crippen LogP contribution in [0, 0.1) is 5.92 Å². The van der Waals surface area contributed by atoms with Gasteiger partial charge in [0.15, 0.2) is 0 Å². The highest BCUT2D eigenvalue weighted by molar-refractivity contribution is 7.09. The quantitative estimate of drug-likeness (QED) is 0.755. The molecule has 1 aliphatic heterocycles. The molecular weight excluding hydrogens is 407 g/mol. The summed E-state index contributed by atoms with van der Waals surface area (Å²) in [7, 11) is 1.80. The van der Waals surface area contributed by atoms with Crippen LogP contribution in [0.15, 0.2) is 23.7 Å². The topological polar surface area (TPSA) is 67.6 Å². The Labute approximate surface area is 170 Å². The zero-order valence-electron chi connectivity index (χ0n) is 16.1. The van der Waals surface area contributed by atoms with E-state index in [2.05, 4.69) is 33.3 Å². The molecule has 4 rings (SSSR count). The standard InChI is InChI=1S/C17H23N3OS.C2HF3O2/c1-21-12-14-8-19(9-15-3-2-6-22-15)11-17-16(14)10-20(18-17)7-13-4-5-13;3-2(4,5)1(6)7/h2-3,6,10,13-14H,4-5,7-9,11-12H2,1H3;(H,6,7). The number of aliphatic carboxylic acids is 1. The molecule has 2 aromatic heterocycles. The Balaban J connectivity index is 0.000000298. The number of halogens is 3. The van der Waals surface area contributed by atoms with Crippen LogP contribution in [0.25, 0.3) is 0 Å². The Morgan fingerprint density at radius 1 is 1.41 bits per heavy atom. The minimum atomic E-state index is -5.08. The Kier molecular flexibility index (Phi) is 6.97. The predicted molar refractivity (Wildman–Crippen MR) is 102 cm³/mol. The minimum absolute atomic E-state index is 0.446. The Hall–Kier alpha value is -1.91. The van der Waals surface area contributed by atoms with Crippen LogP contribution in [-0.4, -0.2) is 52.2 Å². The third-order valence-corrected chi connectivity index (χ3v) is 5.74. The molecular formula is C19H24F3N3O3S. The van der Waals surface area contributed by atoms with Gasteiger partial charge in [0.05, 0.1) is 12.3 Å². The van der Waals surface area contributed by atoms with E-state index in [0.717, 1.165) is 38.7 Å². The molecule has 29 heavy (non-hydrogen) atoms. The highest BCUT2D eigenvalue weighted by Gasteiger charge is 2.38. The first-order valence-corrected chi connectivity index (χ1v) is 10.2. The number of methoxy groups -OCH3 is 1. The van der Waals surface area contributed by atoms with Gasteiger partial charge in [-0.05, 0) is 30.2 Å². The molecule has 10 heteroatoms. The van der Waals surface area contributed by atoms with E-state index >= 15 is 0 Å². The summed E-state index contributed by atoms with van der Waals surface area (Å²) < 4.78 is 39.4. The molecule has 3 heterocycles. The lowest BCUT2D eigenvalue weighted by molar-refractivity contribution is -0.192. The molecule has 1 fully saturated rings. The van der Waals surface area contributed by atoms with Crippen molar-refractivity contribution in [1.82, 2.24) is 14.7 Å². The van der Waals surface area contributed by atoms with Crippen LogP contribution in [-0.2, 0) is 29.2 Å². The number of hydrogen-bond acceptors (Lipinski definition) is 5. The fourth-order valence-corrected chi connectivity index (χ4v) is 4.12. The van der Waals surface area contributed by atoms with Crippen LogP contribution < -0.4 is 0 Å². The summed E-state index contributed by atoms with van der Waals surface area (Å²) in [5.41, 5.74) is 2.66. The molecule has 0 aromatic carbocycles. The number of ether oxygens (including phenoxy) is 1. The molecule has 1 N–H and O–H groups in total. The van der Waals surface area contributed by atoms with Gasteiger partial charge < -0.3 is 9.84 Å². The van der Waals surface area contributed by atoms with Gasteiger partial charge in [-0.2, -0.15) is 18.3 Å². The van der Waals surface area contributed by atoms with Gasteiger partial charge in [-0.15, -0.1) is 11.3 Å². The van der Waals surface area contributed by atoms with Crippen LogP contribution in [0.2, 0.25) is 0 Å². The largest absolute Gasteiger partial charge is 0.490 e. The van der Waals surface area contributed by atoms with E-state index in [4.69, 9.17) is 19.7 Å². The van der Waals surface area contributed by atoms with Gasteiger partial charge in [0, 0.05) is 55.8 Å². The maximum absolute atomic E-state index is 10.6. The van der Waals surface area contributed by atoms with Crippen molar-refractivity contribution in [3.05, 3.63) is 39.8 Å². The van der Waals surface area contributed by atoms with E-state index in [0.29, 0.717) is 5.92 Å². The predicted octanol–water partition coefficient (Wildman–Crippen LogP) is 3.73. The van der Waals surface area contributed by atoms with E-state index in [1.54, 1.807) is 7.11 Å². The summed E-state index contributed by atoms with van der Waals surface area (Å²) in [6, 6.07) is 4.35. The summed E-state index contributed by atoms with van der Waals surface area (Å²) in [6.45, 7) is 4.92. The summed E-state index contributed by atoms with van der Waals surface area (Å²) in [4.78, 5) is 12.8. The van der Waals surface area contributed by atoms with Crippen LogP contribution in [0.4, 0.5) is 13.2 Å². The van der Waals surface area contributed by atoms with E-state index in [1.165, 1.54) is 29.0 Å². The minimum Gasteiger partial charge on any atom is -0.475 e. The normalized spacial score (nSPS) is 19.4. The number of carboxylic acids is 1. The third kappa shape index (κ3) is 6.28. The first-order valence-electron chi connectivity index (χ1n) is 9.36. The summed E-state index contributed by atoms with van der Waals surface area (Å²) in [5.74, 6) is -1.45. The fraction of sp³-hybridized carbons (Fsp3) is 0.579. The number of aromatic nitrogens is 2. The van der Waals surface area contributed by atoms with Crippen molar-refractivity contribution >= 4 is 17.3 Å². The molecule has 160 valence electrons. The lowest BCUT2D eigenvalue weighted by Crippen LogP contribution is -2.34. The Morgan fingerprint density at radius 2 is 2.14 bits per heavy atom. The monoisotopic (exact) mass is 431 g/mol. The van der Waals surface area contributed by atoms with Crippen molar-refractivity contribution < 1.29 is 27.8 Å². The molecule has 0 amide bonds. The molecule has 2 aromatic rings. The average molecular weight is 431 g/mol. The van der Waals surface area contributed by atoms with Crippen molar-refractivity contribution in [2.24, 2.45) is 5.92 Å².